The van der Waals surface area contributed by atoms with Crippen LogP contribution in [0.25, 0.3) is 0 Å². The van der Waals surface area contributed by atoms with Gasteiger partial charge in [0, 0.05) is 5.92 Å². The molecular weight excluding hydrogens is 360 g/mol. The second-order valence-electron chi connectivity index (χ2n) is 7.83. The SMILES string of the molecule is CC(=O)[C@@H]1Cc2ccc(cc2)OCCC[C@H](C(=O)NO)[C@@H](CC(C)C)C(=O)N1. The summed E-state index contributed by atoms with van der Waals surface area (Å²) in [4.78, 5) is 37.5. The molecule has 0 spiro atoms. The number of carbonyl (C=O) groups excluding carboxylic acids is 3. The summed E-state index contributed by atoms with van der Waals surface area (Å²) in [6.45, 7) is 5.79. The maximum Gasteiger partial charge on any atom is 0.247 e. The molecule has 7 heteroatoms. The van der Waals surface area contributed by atoms with Gasteiger partial charge < -0.3 is 10.1 Å². The molecule has 0 radical (unpaired) electrons. The van der Waals surface area contributed by atoms with Gasteiger partial charge in [0.25, 0.3) is 0 Å². The largest absolute Gasteiger partial charge is 0.494 e. The molecule has 3 atom stereocenters. The van der Waals surface area contributed by atoms with Crippen molar-refractivity contribution in [2.75, 3.05) is 6.61 Å². The zero-order chi connectivity index (χ0) is 20.7. The summed E-state index contributed by atoms with van der Waals surface area (Å²) in [5.41, 5.74) is 2.61. The van der Waals surface area contributed by atoms with Crippen molar-refractivity contribution in [1.29, 1.82) is 0 Å². The van der Waals surface area contributed by atoms with Crippen LogP contribution in [-0.2, 0) is 20.8 Å². The van der Waals surface area contributed by atoms with E-state index in [1.165, 1.54) is 6.92 Å². The topological polar surface area (TPSA) is 105 Å². The lowest BCUT2D eigenvalue weighted by molar-refractivity contribution is -0.141. The van der Waals surface area contributed by atoms with Crippen molar-refractivity contribution >= 4 is 17.6 Å². The molecule has 154 valence electrons. The molecule has 1 aromatic rings. The number of nitrogens with one attached hydrogen (secondary N) is 2. The van der Waals surface area contributed by atoms with Gasteiger partial charge in [0.05, 0.1) is 18.6 Å². The maximum absolute atomic E-state index is 13.1. The molecule has 2 bridgehead atoms. The molecule has 3 rings (SSSR count). The van der Waals surface area contributed by atoms with Gasteiger partial charge in [-0.15, -0.1) is 0 Å². The van der Waals surface area contributed by atoms with Gasteiger partial charge in [-0.25, -0.2) is 5.48 Å². The Morgan fingerprint density at radius 3 is 2.54 bits per heavy atom. The molecule has 0 saturated heterocycles. The number of hydrogen-bond donors (Lipinski definition) is 3. The van der Waals surface area contributed by atoms with E-state index >= 15 is 0 Å². The van der Waals surface area contributed by atoms with E-state index in [1.54, 1.807) is 5.48 Å². The van der Waals surface area contributed by atoms with Crippen LogP contribution in [0.4, 0.5) is 0 Å². The number of hydrogen-bond acceptors (Lipinski definition) is 5. The minimum Gasteiger partial charge on any atom is -0.494 e. The summed E-state index contributed by atoms with van der Waals surface area (Å²) in [7, 11) is 0. The molecule has 2 aliphatic heterocycles. The minimum absolute atomic E-state index is 0.146. The van der Waals surface area contributed by atoms with Gasteiger partial charge in [-0.2, -0.15) is 0 Å². The van der Waals surface area contributed by atoms with Crippen LogP contribution < -0.4 is 15.5 Å². The number of ether oxygens (including phenoxy) is 1. The van der Waals surface area contributed by atoms with Gasteiger partial charge >= 0.3 is 0 Å². The number of fused-ring (bicyclic) bond motifs is 11. The predicted molar refractivity (Wildman–Crippen MR) is 104 cm³/mol. The first kappa shape index (κ1) is 21.9. The van der Waals surface area contributed by atoms with Crippen molar-refractivity contribution < 1.29 is 24.3 Å². The van der Waals surface area contributed by atoms with Gasteiger partial charge in [-0.05, 0) is 56.2 Å². The van der Waals surface area contributed by atoms with Crippen LogP contribution in [0.5, 0.6) is 5.75 Å². The van der Waals surface area contributed by atoms with Gasteiger partial charge in [0.2, 0.25) is 11.8 Å². The van der Waals surface area contributed by atoms with E-state index in [2.05, 4.69) is 5.32 Å². The molecule has 0 fully saturated rings. The average molecular weight is 390 g/mol. The number of rotatable bonds is 4. The molecule has 3 N–H and O–H groups in total. The molecule has 2 heterocycles. The maximum atomic E-state index is 13.1. The Morgan fingerprint density at radius 1 is 1.29 bits per heavy atom. The average Bonchev–Trinajstić information content (AvgIpc) is 2.65. The lowest BCUT2D eigenvalue weighted by Crippen LogP contribution is -2.48. The molecular formula is C21H30N2O5. The van der Waals surface area contributed by atoms with E-state index in [1.807, 2.05) is 38.1 Å². The molecule has 0 aliphatic carbocycles. The second kappa shape index (κ2) is 10.2. The Morgan fingerprint density at radius 2 is 1.96 bits per heavy atom. The predicted octanol–water partition coefficient (Wildman–Crippen LogP) is 2.26. The van der Waals surface area contributed by atoms with Gasteiger partial charge in [0.1, 0.15) is 5.75 Å². The number of ketones is 1. The zero-order valence-corrected chi connectivity index (χ0v) is 16.7. The number of benzene rings is 1. The highest BCUT2D eigenvalue weighted by Gasteiger charge is 2.35. The lowest BCUT2D eigenvalue weighted by Gasteiger charge is -2.28. The van der Waals surface area contributed by atoms with E-state index in [0.717, 1.165) is 5.56 Å². The standard InChI is InChI=1S/C21H30N2O5/c1-13(2)11-18-17(21(26)23-27)5-4-10-28-16-8-6-15(7-9-16)12-19(14(3)24)22-20(18)25/h6-9,13,17-19,27H,4-5,10-12H2,1-3H3,(H,22,25)(H,23,26)/t17-,18+,19-/m0/s1. The first-order valence-corrected chi connectivity index (χ1v) is 9.78. The molecule has 0 saturated carbocycles. The number of Topliss-reactive ketones (excluding diaryl/α,β-unsaturated/α-hetero) is 1. The van der Waals surface area contributed by atoms with Crippen molar-refractivity contribution in [3.63, 3.8) is 0 Å². The highest BCUT2D eigenvalue weighted by Crippen LogP contribution is 2.27. The Bertz CT molecular complexity index is 687. The first-order chi connectivity index (χ1) is 13.3. The van der Waals surface area contributed by atoms with Gasteiger partial charge in [0.15, 0.2) is 5.78 Å². The van der Waals surface area contributed by atoms with Crippen LogP contribution in [0.3, 0.4) is 0 Å². The van der Waals surface area contributed by atoms with Crippen LogP contribution in [0, 0.1) is 17.8 Å². The van der Waals surface area contributed by atoms with E-state index in [-0.39, 0.29) is 17.6 Å². The zero-order valence-electron chi connectivity index (χ0n) is 16.7. The molecule has 1 aromatic carbocycles. The summed E-state index contributed by atoms with van der Waals surface area (Å²) >= 11 is 0. The quantitative estimate of drug-likeness (QED) is 0.540. The second-order valence-corrected chi connectivity index (χ2v) is 7.83. The first-order valence-electron chi connectivity index (χ1n) is 9.78. The smallest absolute Gasteiger partial charge is 0.247 e. The minimum atomic E-state index is -0.701. The van der Waals surface area contributed by atoms with Crippen molar-refractivity contribution in [3.8, 4) is 5.75 Å². The Kier molecular flexibility index (Phi) is 7.99. The highest BCUT2D eigenvalue weighted by atomic mass is 16.5. The van der Waals surface area contributed by atoms with Crippen LogP contribution in [-0.4, -0.2) is 35.5 Å². The summed E-state index contributed by atoms with van der Waals surface area (Å²) in [6, 6.07) is 6.77. The van der Waals surface area contributed by atoms with E-state index in [4.69, 9.17) is 4.74 Å². The van der Waals surface area contributed by atoms with Crippen molar-refractivity contribution in [2.45, 2.75) is 52.5 Å². The van der Waals surface area contributed by atoms with Crippen molar-refractivity contribution in [2.24, 2.45) is 17.8 Å². The lowest BCUT2D eigenvalue weighted by atomic mass is 9.81. The van der Waals surface area contributed by atoms with E-state index < -0.39 is 23.8 Å². The fourth-order valence-corrected chi connectivity index (χ4v) is 3.59. The third-order valence-corrected chi connectivity index (χ3v) is 5.09. The Hall–Kier alpha value is -2.41. The summed E-state index contributed by atoms with van der Waals surface area (Å²) in [5, 5.41) is 12.0. The summed E-state index contributed by atoms with van der Waals surface area (Å²) in [5.74, 6) is -1.53. The third-order valence-electron chi connectivity index (χ3n) is 5.09. The van der Waals surface area contributed by atoms with E-state index in [9.17, 15) is 19.6 Å². The van der Waals surface area contributed by atoms with Crippen LogP contribution >= 0.6 is 0 Å². The summed E-state index contributed by atoms with van der Waals surface area (Å²) < 4.78 is 5.72. The van der Waals surface area contributed by atoms with Crippen molar-refractivity contribution in [3.05, 3.63) is 29.8 Å². The van der Waals surface area contributed by atoms with Crippen LogP contribution in [0.15, 0.2) is 24.3 Å². The molecule has 2 aliphatic rings. The molecule has 2 amide bonds. The van der Waals surface area contributed by atoms with Crippen LogP contribution in [0.1, 0.15) is 45.6 Å². The summed E-state index contributed by atoms with van der Waals surface area (Å²) in [6.07, 6.45) is 1.79. The third kappa shape index (κ3) is 6.05. The van der Waals surface area contributed by atoms with Gasteiger partial charge in [-0.3, -0.25) is 19.6 Å². The number of carbonyl (C=O) groups is 3. The van der Waals surface area contributed by atoms with Crippen molar-refractivity contribution in [1.82, 2.24) is 10.8 Å². The Balaban J connectivity index is 2.36. The molecule has 0 unspecified atom stereocenters. The van der Waals surface area contributed by atoms with Crippen LogP contribution in [0.2, 0.25) is 0 Å². The highest BCUT2D eigenvalue weighted by molar-refractivity contribution is 5.91. The fourth-order valence-electron chi connectivity index (χ4n) is 3.59. The molecule has 0 aromatic heterocycles. The normalized spacial score (nSPS) is 23.5. The van der Waals surface area contributed by atoms with Gasteiger partial charge in [-0.1, -0.05) is 26.0 Å². The number of hydroxylamine groups is 1. The Labute approximate surface area is 165 Å². The van der Waals surface area contributed by atoms with E-state index in [0.29, 0.717) is 38.0 Å². The molecule has 28 heavy (non-hydrogen) atoms. The fraction of sp³-hybridized carbons (Fsp3) is 0.571. The number of amides is 2. The molecule has 7 nitrogen and oxygen atoms in total. The monoisotopic (exact) mass is 390 g/mol.